The van der Waals surface area contributed by atoms with Crippen molar-refractivity contribution >= 4 is 48.9 Å². The molecule has 0 aliphatic heterocycles. The fourth-order valence-electron chi connectivity index (χ4n) is 1.41. The molecule has 0 saturated carbocycles. The summed E-state index contributed by atoms with van der Waals surface area (Å²) in [5.74, 6) is 0. The minimum absolute atomic E-state index is 0.126. The molecule has 0 aromatic heterocycles. The molecule has 0 fully saturated rings. The van der Waals surface area contributed by atoms with E-state index < -0.39 is 10.0 Å². The molecule has 100 valence electrons. The molecular formula is C12H10BrClN2O2S. The molecule has 3 N–H and O–H groups in total. The van der Waals surface area contributed by atoms with E-state index in [4.69, 9.17) is 17.3 Å². The summed E-state index contributed by atoms with van der Waals surface area (Å²) in [5, 5.41) is 0.450. The van der Waals surface area contributed by atoms with Crippen LogP contribution in [0.25, 0.3) is 0 Å². The Morgan fingerprint density at radius 3 is 2.32 bits per heavy atom. The van der Waals surface area contributed by atoms with Gasteiger partial charge in [-0.3, -0.25) is 4.72 Å². The van der Waals surface area contributed by atoms with E-state index in [9.17, 15) is 8.42 Å². The van der Waals surface area contributed by atoms with Crippen molar-refractivity contribution < 1.29 is 8.42 Å². The van der Waals surface area contributed by atoms with Crippen LogP contribution in [-0.2, 0) is 10.0 Å². The summed E-state index contributed by atoms with van der Waals surface area (Å²) in [6, 6.07) is 10.8. The van der Waals surface area contributed by atoms with Gasteiger partial charge in [0.2, 0.25) is 0 Å². The third-order valence-corrected chi connectivity index (χ3v) is 4.96. The van der Waals surface area contributed by atoms with Crippen LogP contribution in [0.4, 0.5) is 11.4 Å². The Kier molecular flexibility index (Phi) is 4.03. The Morgan fingerprint density at radius 1 is 1.11 bits per heavy atom. The van der Waals surface area contributed by atoms with E-state index >= 15 is 0 Å². The number of nitrogen functional groups attached to an aromatic ring is 1. The van der Waals surface area contributed by atoms with E-state index in [-0.39, 0.29) is 4.90 Å². The van der Waals surface area contributed by atoms with E-state index in [0.29, 0.717) is 20.9 Å². The Hall–Kier alpha value is -1.24. The summed E-state index contributed by atoms with van der Waals surface area (Å²) in [6.45, 7) is 0. The first-order chi connectivity index (χ1) is 8.88. The SMILES string of the molecule is Nc1ccc(NS(=O)(=O)c2ccc(Cl)c(Br)c2)cc1. The topological polar surface area (TPSA) is 72.2 Å². The molecule has 0 heterocycles. The summed E-state index contributed by atoms with van der Waals surface area (Å²) in [5.41, 5.74) is 6.55. The number of hydrogen-bond acceptors (Lipinski definition) is 3. The Bertz CT molecular complexity index is 702. The van der Waals surface area contributed by atoms with Gasteiger partial charge < -0.3 is 5.73 Å². The van der Waals surface area contributed by atoms with Gasteiger partial charge in [-0.05, 0) is 58.4 Å². The molecule has 0 bridgehead atoms. The second-order valence-electron chi connectivity index (χ2n) is 3.80. The molecule has 2 rings (SSSR count). The van der Waals surface area contributed by atoms with E-state index in [1.165, 1.54) is 18.2 Å². The Morgan fingerprint density at radius 2 is 1.74 bits per heavy atom. The molecule has 0 spiro atoms. The van der Waals surface area contributed by atoms with Crippen LogP contribution in [0, 0.1) is 0 Å². The molecule has 0 saturated heterocycles. The Labute approximate surface area is 124 Å². The largest absolute Gasteiger partial charge is 0.399 e. The van der Waals surface area contributed by atoms with Crippen molar-refractivity contribution in [3.05, 3.63) is 52.0 Å². The number of nitrogens with two attached hydrogens (primary N) is 1. The number of hydrogen-bond donors (Lipinski definition) is 2. The highest BCUT2D eigenvalue weighted by Gasteiger charge is 2.15. The number of nitrogens with one attached hydrogen (secondary N) is 1. The molecule has 2 aromatic rings. The lowest BCUT2D eigenvalue weighted by molar-refractivity contribution is 0.601. The molecular weight excluding hydrogens is 352 g/mol. The molecule has 0 radical (unpaired) electrons. The number of rotatable bonds is 3. The third-order valence-electron chi connectivity index (χ3n) is 2.36. The molecule has 4 nitrogen and oxygen atoms in total. The zero-order valence-electron chi connectivity index (χ0n) is 9.60. The van der Waals surface area contributed by atoms with E-state index in [1.54, 1.807) is 24.3 Å². The maximum absolute atomic E-state index is 12.1. The Balaban J connectivity index is 2.32. The summed E-state index contributed by atoms with van der Waals surface area (Å²) in [4.78, 5) is 0.126. The van der Waals surface area contributed by atoms with Gasteiger partial charge in [0.25, 0.3) is 10.0 Å². The highest BCUT2D eigenvalue weighted by atomic mass is 79.9. The third kappa shape index (κ3) is 3.40. The molecule has 19 heavy (non-hydrogen) atoms. The smallest absolute Gasteiger partial charge is 0.261 e. The maximum atomic E-state index is 12.1. The van der Waals surface area contributed by atoms with Crippen LogP contribution in [0.5, 0.6) is 0 Å². The summed E-state index contributed by atoms with van der Waals surface area (Å²) in [6.07, 6.45) is 0. The van der Waals surface area contributed by atoms with Crippen molar-refractivity contribution in [2.75, 3.05) is 10.5 Å². The molecule has 0 amide bonds. The zero-order chi connectivity index (χ0) is 14.0. The highest BCUT2D eigenvalue weighted by Crippen LogP contribution is 2.26. The average Bonchev–Trinajstić information content (AvgIpc) is 2.35. The minimum atomic E-state index is -3.64. The highest BCUT2D eigenvalue weighted by molar-refractivity contribution is 9.10. The van der Waals surface area contributed by atoms with Gasteiger partial charge >= 0.3 is 0 Å². The molecule has 0 unspecified atom stereocenters. The number of benzene rings is 2. The van der Waals surface area contributed by atoms with E-state index in [2.05, 4.69) is 20.7 Å². The van der Waals surface area contributed by atoms with Crippen LogP contribution < -0.4 is 10.5 Å². The predicted octanol–water partition coefficient (Wildman–Crippen LogP) is 3.49. The fourth-order valence-corrected chi connectivity index (χ4v) is 3.14. The normalized spacial score (nSPS) is 11.3. The van der Waals surface area contributed by atoms with Gasteiger partial charge in [0.15, 0.2) is 0 Å². The molecule has 0 atom stereocenters. The standard InChI is InChI=1S/C12H10BrClN2O2S/c13-11-7-10(5-6-12(11)14)19(17,18)16-9-3-1-8(15)2-4-9/h1-7,16H,15H2. The van der Waals surface area contributed by atoms with Crippen molar-refractivity contribution in [1.29, 1.82) is 0 Å². The van der Waals surface area contributed by atoms with Gasteiger partial charge in [-0.1, -0.05) is 11.6 Å². The van der Waals surface area contributed by atoms with Crippen molar-refractivity contribution in [3.8, 4) is 0 Å². The zero-order valence-corrected chi connectivity index (χ0v) is 12.8. The minimum Gasteiger partial charge on any atom is -0.399 e. The maximum Gasteiger partial charge on any atom is 0.261 e. The lowest BCUT2D eigenvalue weighted by Crippen LogP contribution is -2.12. The lowest BCUT2D eigenvalue weighted by Gasteiger charge is -2.09. The van der Waals surface area contributed by atoms with Crippen molar-refractivity contribution in [2.45, 2.75) is 4.90 Å². The first kappa shape index (κ1) is 14.2. The predicted molar refractivity (Wildman–Crippen MR) is 80.8 cm³/mol. The molecule has 0 aliphatic carbocycles. The number of anilines is 2. The monoisotopic (exact) mass is 360 g/mol. The van der Waals surface area contributed by atoms with E-state index in [1.807, 2.05) is 0 Å². The van der Waals surface area contributed by atoms with Crippen LogP contribution in [0.3, 0.4) is 0 Å². The van der Waals surface area contributed by atoms with Crippen LogP contribution in [0.2, 0.25) is 5.02 Å². The van der Waals surface area contributed by atoms with Gasteiger partial charge in [0, 0.05) is 15.8 Å². The van der Waals surface area contributed by atoms with Crippen LogP contribution in [-0.4, -0.2) is 8.42 Å². The van der Waals surface area contributed by atoms with Gasteiger partial charge in [0.05, 0.1) is 9.92 Å². The van der Waals surface area contributed by atoms with Crippen molar-refractivity contribution in [2.24, 2.45) is 0 Å². The lowest BCUT2D eigenvalue weighted by atomic mass is 10.3. The van der Waals surface area contributed by atoms with Crippen LogP contribution in [0.15, 0.2) is 51.8 Å². The van der Waals surface area contributed by atoms with Crippen molar-refractivity contribution in [3.63, 3.8) is 0 Å². The van der Waals surface area contributed by atoms with Crippen LogP contribution in [0.1, 0.15) is 0 Å². The molecule has 0 aliphatic rings. The first-order valence-corrected chi connectivity index (χ1v) is 7.87. The van der Waals surface area contributed by atoms with Crippen LogP contribution >= 0.6 is 27.5 Å². The quantitative estimate of drug-likeness (QED) is 0.822. The van der Waals surface area contributed by atoms with Gasteiger partial charge in [-0.25, -0.2) is 8.42 Å². The molecule has 2 aromatic carbocycles. The van der Waals surface area contributed by atoms with Gasteiger partial charge in [-0.15, -0.1) is 0 Å². The molecule has 7 heteroatoms. The van der Waals surface area contributed by atoms with Gasteiger partial charge in [0.1, 0.15) is 0 Å². The number of sulfonamides is 1. The summed E-state index contributed by atoms with van der Waals surface area (Å²) < 4.78 is 27.3. The first-order valence-electron chi connectivity index (χ1n) is 5.22. The second kappa shape index (κ2) is 5.40. The fraction of sp³-hybridized carbons (Fsp3) is 0. The van der Waals surface area contributed by atoms with Gasteiger partial charge in [-0.2, -0.15) is 0 Å². The van der Waals surface area contributed by atoms with Crippen molar-refractivity contribution in [1.82, 2.24) is 0 Å². The summed E-state index contributed by atoms with van der Waals surface area (Å²) >= 11 is 9.03. The second-order valence-corrected chi connectivity index (χ2v) is 6.75. The summed E-state index contributed by atoms with van der Waals surface area (Å²) in [7, 11) is -3.64. The number of halogens is 2. The van der Waals surface area contributed by atoms with E-state index in [0.717, 1.165) is 0 Å². The average molecular weight is 362 g/mol.